The molecule has 2 aliphatic heterocycles. The summed E-state index contributed by atoms with van der Waals surface area (Å²) in [4.78, 5) is 2.81. The Balaban J connectivity index is 1.55. The van der Waals surface area contributed by atoms with Crippen molar-refractivity contribution in [1.82, 2.24) is 19.0 Å². The van der Waals surface area contributed by atoms with Gasteiger partial charge in [-0.05, 0) is 50.0 Å². The van der Waals surface area contributed by atoms with Gasteiger partial charge in [0.05, 0.1) is 22.8 Å². The fourth-order valence-corrected chi connectivity index (χ4v) is 5.49. The quantitative estimate of drug-likeness (QED) is 0.790. The average Bonchev–Trinajstić information content (AvgIpc) is 3.25. The summed E-state index contributed by atoms with van der Waals surface area (Å²) in [6.07, 6.45) is 4.69. The normalized spacial score (nSPS) is 18.7. The first-order chi connectivity index (χ1) is 13.0. The Hall–Kier alpha value is -1.70. The molecule has 0 amide bonds. The number of rotatable bonds is 5. The highest BCUT2D eigenvalue weighted by molar-refractivity contribution is 7.89. The number of nitrogens with zero attached hydrogens (tertiary/aromatic N) is 4. The number of sulfonamides is 1. The lowest BCUT2D eigenvalue weighted by Gasteiger charge is -2.26. The van der Waals surface area contributed by atoms with E-state index in [0.29, 0.717) is 18.0 Å². The Kier molecular flexibility index (Phi) is 5.09. The third-order valence-electron chi connectivity index (χ3n) is 5.81. The Morgan fingerprint density at radius 3 is 2.41 bits per heavy atom. The van der Waals surface area contributed by atoms with Crippen molar-refractivity contribution < 1.29 is 8.42 Å². The minimum absolute atomic E-state index is 0.373. The highest BCUT2D eigenvalue weighted by Crippen LogP contribution is 2.31. The minimum Gasteiger partial charge on any atom is -0.297 e. The molecule has 1 aromatic carbocycles. The summed E-state index contributed by atoms with van der Waals surface area (Å²) in [5.74, 6) is 0. The zero-order valence-corrected chi connectivity index (χ0v) is 17.0. The highest BCUT2D eigenvalue weighted by Gasteiger charge is 2.35. The zero-order chi connectivity index (χ0) is 19.0. The summed E-state index contributed by atoms with van der Waals surface area (Å²) in [6, 6.07) is 7.26. The third-order valence-corrected chi connectivity index (χ3v) is 7.62. The second kappa shape index (κ2) is 7.37. The molecule has 146 valence electrons. The van der Waals surface area contributed by atoms with E-state index in [0.717, 1.165) is 48.6 Å². The van der Waals surface area contributed by atoms with Crippen LogP contribution in [0.3, 0.4) is 0 Å². The molecule has 4 rings (SSSR count). The molecule has 27 heavy (non-hydrogen) atoms. The monoisotopic (exact) mass is 388 g/mol. The maximum Gasteiger partial charge on any atom is 0.243 e. The lowest BCUT2D eigenvalue weighted by molar-refractivity contribution is 0.217. The van der Waals surface area contributed by atoms with Crippen molar-refractivity contribution in [3.8, 4) is 0 Å². The van der Waals surface area contributed by atoms with Crippen LogP contribution in [0.1, 0.15) is 48.7 Å². The van der Waals surface area contributed by atoms with Gasteiger partial charge >= 0.3 is 0 Å². The van der Waals surface area contributed by atoms with Crippen LogP contribution >= 0.6 is 0 Å². The van der Waals surface area contributed by atoms with Gasteiger partial charge < -0.3 is 0 Å². The van der Waals surface area contributed by atoms with E-state index in [1.807, 2.05) is 23.9 Å². The number of piperidine rings is 1. The fraction of sp³-hybridized carbons (Fsp3) is 0.550. The van der Waals surface area contributed by atoms with Crippen molar-refractivity contribution in [3.63, 3.8) is 0 Å². The SMILES string of the molecule is CCc1ccc(S(=O)(=O)N2Cc3c(CN4CCCCC4)nn(C)c3C2)cc1. The maximum absolute atomic E-state index is 13.1. The van der Waals surface area contributed by atoms with E-state index < -0.39 is 10.0 Å². The van der Waals surface area contributed by atoms with Gasteiger partial charge in [0.2, 0.25) is 10.0 Å². The summed E-state index contributed by atoms with van der Waals surface area (Å²) < 4.78 is 29.6. The van der Waals surface area contributed by atoms with Crippen LogP contribution in [0, 0.1) is 0 Å². The Bertz CT molecular complexity index is 912. The largest absolute Gasteiger partial charge is 0.297 e. The summed E-state index contributed by atoms with van der Waals surface area (Å²) in [7, 11) is -1.57. The van der Waals surface area contributed by atoms with Crippen LogP contribution in [0.4, 0.5) is 0 Å². The number of hydrogen-bond acceptors (Lipinski definition) is 4. The molecule has 0 atom stereocenters. The smallest absolute Gasteiger partial charge is 0.243 e. The molecule has 7 heteroatoms. The van der Waals surface area contributed by atoms with E-state index in [1.165, 1.54) is 19.3 Å². The Labute approximate surface area is 161 Å². The number of aryl methyl sites for hydroxylation is 2. The standard InChI is InChI=1S/C20H28N4O2S/c1-3-16-7-9-17(10-8-16)27(25,26)24-13-18-19(21-22(2)20(18)15-24)14-23-11-5-4-6-12-23/h7-10H,3-6,11-15H2,1-2H3. The van der Waals surface area contributed by atoms with Crippen LogP contribution in [-0.2, 0) is 43.1 Å². The Morgan fingerprint density at radius 1 is 1.04 bits per heavy atom. The predicted octanol–water partition coefficient (Wildman–Crippen LogP) is 2.67. The van der Waals surface area contributed by atoms with E-state index in [4.69, 9.17) is 5.10 Å². The molecule has 0 aliphatic carbocycles. The van der Waals surface area contributed by atoms with Crippen molar-refractivity contribution in [3.05, 3.63) is 46.8 Å². The minimum atomic E-state index is -3.49. The van der Waals surface area contributed by atoms with Crippen molar-refractivity contribution in [1.29, 1.82) is 0 Å². The number of hydrogen-bond donors (Lipinski definition) is 0. The van der Waals surface area contributed by atoms with Crippen LogP contribution in [-0.4, -0.2) is 40.5 Å². The van der Waals surface area contributed by atoms with E-state index in [1.54, 1.807) is 16.4 Å². The first kappa shape index (κ1) is 18.7. The first-order valence-electron chi connectivity index (χ1n) is 9.84. The molecule has 1 aromatic heterocycles. The van der Waals surface area contributed by atoms with Crippen molar-refractivity contribution in [2.75, 3.05) is 13.1 Å². The molecule has 0 saturated carbocycles. The van der Waals surface area contributed by atoms with Crippen LogP contribution in [0.25, 0.3) is 0 Å². The second-order valence-electron chi connectivity index (χ2n) is 7.60. The molecule has 1 saturated heterocycles. The number of likely N-dealkylation sites (tertiary alicyclic amines) is 1. The molecule has 0 unspecified atom stereocenters. The van der Waals surface area contributed by atoms with Crippen LogP contribution in [0.2, 0.25) is 0 Å². The molecule has 0 radical (unpaired) electrons. The van der Waals surface area contributed by atoms with Crippen molar-refractivity contribution in [2.24, 2.45) is 7.05 Å². The molecule has 1 fully saturated rings. The first-order valence-corrected chi connectivity index (χ1v) is 11.3. The summed E-state index contributed by atoms with van der Waals surface area (Å²) in [6.45, 7) is 5.93. The van der Waals surface area contributed by atoms with E-state index >= 15 is 0 Å². The van der Waals surface area contributed by atoms with Crippen molar-refractivity contribution in [2.45, 2.75) is 57.1 Å². The van der Waals surface area contributed by atoms with Crippen molar-refractivity contribution >= 4 is 10.0 Å². The number of aromatic nitrogens is 2. The van der Waals surface area contributed by atoms with Gasteiger partial charge in [-0.2, -0.15) is 9.40 Å². The number of benzene rings is 1. The zero-order valence-electron chi connectivity index (χ0n) is 16.2. The van der Waals surface area contributed by atoms with Crippen LogP contribution in [0.5, 0.6) is 0 Å². The lowest BCUT2D eigenvalue weighted by atomic mass is 10.1. The molecular formula is C20H28N4O2S. The van der Waals surface area contributed by atoms with E-state index in [9.17, 15) is 8.42 Å². The molecular weight excluding hydrogens is 360 g/mol. The molecule has 3 heterocycles. The van der Waals surface area contributed by atoms with Gasteiger partial charge in [0, 0.05) is 25.7 Å². The van der Waals surface area contributed by atoms with Gasteiger partial charge in [-0.3, -0.25) is 9.58 Å². The molecule has 0 bridgehead atoms. The van der Waals surface area contributed by atoms with E-state index in [-0.39, 0.29) is 0 Å². The summed E-state index contributed by atoms with van der Waals surface area (Å²) in [5.41, 5.74) is 4.30. The second-order valence-corrected chi connectivity index (χ2v) is 9.54. The molecule has 6 nitrogen and oxygen atoms in total. The lowest BCUT2D eigenvalue weighted by Crippen LogP contribution is -2.30. The van der Waals surface area contributed by atoms with Crippen LogP contribution in [0.15, 0.2) is 29.2 Å². The van der Waals surface area contributed by atoms with E-state index in [2.05, 4.69) is 11.8 Å². The summed E-state index contributed by atoms with van der Waals surface area (Å²) >= 11 is 0. The molecule has 0 N–H and O–H groups in total. The van der Waals surface area contributed by atoms with Gasteiger partial charge in [-0.1, -0.05) is 25.5 Å². The molecule has 2 aromatic rings. The number of fused-ring (bicyclic) bond motifs is 1. The van der Waals surface area contributed by atoms with Gasteiger partial charge in [-0.25, -0.2) is 8.42 Å². The van der Waals surface area contributed by atoms with Gasteiger partial charge in [-0.15, -0.1) is 0 Å². The predicted molar refractivity (Wildman–Crippen MR) is 105 cm³/mol. The molecule has 0 spiro atoms. The topological polar surface area (TPSA) is 58.4 Å². The van der Waals surface area contributed by atoms with Crippen LogP contribution < -0.4 is 0 Å². The van der Waals surface area contributed by atoms with Gasteiger partial charge in [0.1, 0.15) is 0 Å². The van der Waals surface area contributed by atoms with Gasteiger partial charge in [0.25, 0.3) is 0 Å². The third kappa shape index (κ3) is 3.56. The maximum atomic E-state index is 13.1. The average molecular weight is 389 g/mol. The molecule has 2 aliphatic rings. The van der Waals surface area contributed by atoms with Gasteiger partial charge in [0.15, 0.2) is 0 Å². The highest BCUT2D eigenvalue weighted by atomic mass is 32.2. The fourth-order valence-electron chi connectivity index (χ4n) is 4.12. The Morgan fingerprint density at radius 2 is 1.74 bits per heavy atom. The summed E-state index contributed by atoms with van der Waals surface area (Å²) in [5, 5.41) is 4.69.